The number of carbonyl (C=O) groups is 3. The molecule has 0 bridgehead atoms. The van der Waals surface area contributed by atoms with Crippen LogP contribution < -0.4 is 15.1 Å². The van der Waals surface area contributed by atoms with Crippen molar-refractivity contribution in [1.29, 1.82) is 0 Å². The lowest BCUT2D eigenvalue weighted by Crippen LogP contribution is -2.24. The highest BCUT2D eigenvalue weighted by molar-refractivity contribution is 5.97. The molecule has 2 aromatic rings. The number of anilines is 3. The van der Waals surface area contributed by atoms with Gasteiger partial charge in [-0.25, -0.2) is 4.79 Å². The number of esters is 1. The van der Waals surface area contributed by atoms with Gasteiger partial charge in [0.15, 0.2) is 6.61 Å². The van der Waals surface area contributed by atoms with Crippen LogP contribution in [0.25, 0.3) is 0 Å². The van der Waals surface area contributed by atoms with Crippen molar-refractivity contribution < 1.29 is 19.1 Å². The lowest BCUT2D eigenvalue weighted by Gasteiger charge is -2.20. The Balaban J connectivity index is 1.49. The summed E-state index contributed by atoms with van der Waals surface area (Å²) >= 11 is 0. The fraction of sp³-hybridized carbons (Fsp3) is 0.348. The van der Waals surface area contributed by atoms with Gasteiger partial charge in [-0.2, -0.15) is 0 Å². The molecular weight excluding hydrogens is 382 g/mol. The Bertz CT molecular complexity index is 890. The van der Waals surface area contributed by atoms with E-state index in [4.69, 9.17) is 4.74 Å². The van der Waals surface area contributed by atoms with E-state index in [1.54, 1.807) is 41.3 Å². The lowest BCUT2D eigenvalue weighted by molar-refractivity contribution is -0.119. The van der Waals surface area contributed by atoms with Crippen LogP contribution in [0.2, 0.25) is 0 Å². The van der Waals surface area contributed by atoms with E-state index in [1.165, 1.54) is 0 Å². The van der Waals surface area contributed by atoms with Crippen LogP contribution in [0.3, 0.4) is 0 Å². The van der Waals surface area contributed by atoms with Gasteiger partial charge in [-0.1, -0.05) is 0 Å². The maximum absolute atomic E-state index is 12.2. The van der Waals surface area contributed by atoms with Gasteiger partial charge in [0.1, 0.15) is 0 Å². The number of hydrogen-bond acceptors (Lipinski definition) is 5. The molecule has 1 saturated heterocycles. The van der Waals surface area contributed by atoms with Crippen LogP contribution in [0, 0.1) is 0 Å². The molecule has 158 valence electrons. The number of nitrogens with zero attached hydrogens (tertiary/aromatic N) is 2. The molecule has 0 spiro atoms. The van der Waals surface area contributed by atoms with E-state index in [2.05, 4.69) is 24.1 Å². The average molecular weight is 409 g/mol. The number of nitrogens with one attached hydrogen (secondary N) is 1. The molecule has 30 heavy (non-hydrogen) atoms. The van der Waals surface area contributed by atoms with Crippen LogP contribution in [-0.4, -0.2) is 44.0 Å². The van der Waals surface area contributed by atoms with Crippen molar-refractivity contribution in [2.24, 2.45) is 0 Å². The predicted molar refractivity (Wildman–Crippen MR) is 117 cm³/mol. The first kappa shape index (κ1) is 21.4. The minimum atomic E-state index is -0.542. The first-order valence-corrected chi connectivity index (χ1v) is 10.2. The smallest absolute Gasteiger partial charge is 0.338 e. The molecule has 1 N–H and O–H groups in total. The second-order valence-electron chi connectivity index (χ2n) is 7.04. The van der Waals surface area contributed by atoms with Crippen LogP contribution in [0.5, 0.6) is 0 Å². The topological polar surface area (TPSA) is 79.0 Å². The van der Waals surface area contributed by atoms with Crippen molar-refractivity contribution in [3.63, 3.8) is 0 Å². The Morgan fingerprint density at radius 1 is 1.03 bits per heavy atom. The van der Waals surface area contributed by atoms with E-state index in [0.717, 1.165) is 37.4 Å². The summed E-state index contributed by atoms with van der Waals surface area (Å²) in [5, 5.41) is 2.69. The van der Waals surface area contributed by atoms with Crippen LogP contribution >= 0.6 is 0 Å². The quantitative estimate of drug-likeness (QED) is 0.676. The Labute approximate surface area is 176 Å². The molecule has 1 heterocycles. The first-order chi connectivity index (χ1) is 14.5. The first-order valence-electron chi connectivity index (χ1n) is 10.2. The van der Waals surface area contributed by atoms with Gasteiger partial charge in [0.05, 0.1) is 5.56 Å². The molecule has 0 aromatic heterocycles. The molecule has 1 aliphatic heterocycles. The molecule has 7 heteroatoms. The summed E-state index contributed by atoms with van der Waals surface area (Å²) < 4.78 is 5.12. The minimum Gasteiger partial charge on any atom is -0.452 e. The fourth-order valence-corrected chi connectivity index (χ4v) is 3.45. The maximum atomic E-state index is 12.2. The molecule has 1 aliphatic rings. The summed E-state index contributed by atoms with van der Waals surface area (Å²) in [5.74, 6) is -0.851. The normalized spacial score (nSPS) is 13.3. The Morgan fingerprint density at radius 2 is 1.70 bits per heavy atom. The van der Waals surface area contributed by atoms with E-state index in [1.807, 2.05) is 12.1 Å². The van der Waals surface area contributed by atoms with Gasteiger partial charge in [0.25, 0.3) is 5.91 Å². The number of benzene rings is 2. The summed E-state index contributed by atoms with van der Waals surface area (Å²) in [6, 6.07) is 14.2. The van der Waals surface area contributed by atoms with Crippen LogP contribution in [0.4, 0.5) is 17.1 Å². The molecule has 0 aliphatic carbocycles. The fourth-order valence-electron chi connectivity index (χ4n) is 3.45. The Morgan fingerprint density at radius 3 is 2.27 bits per heavy atom. The molecule has 3 rings (SSSR count). The maximum Gasteiger partial charge on any atom is 0.338 e. The molecular formula is C23H27N3O4. The second kappa shape index (κ2) is 9.91. The highest BCUT2D eigenvalue weighted by Crippen LogP contribution is 2.23. The molecule has 0 saturated carbocycles. The molecule has 2 aromatic carbocycles. The average Bonchev–Trinajstić information content (AvgIpc) is 3.20. The van der Waals surface area contributed by atoms with E-state index in [-0.39, 0.29) is 12.5 Å². The third-order valence-electron chi connectivity index (χ3n) is 5.10. The van der Waals surface area contributed by atoms with Gasteiger partial charge in [-0.15, -0.1) is 0 Å². The molecule has 7 nitrogen and oxygen atoms in total. The minimum absolute atomic E-state index is 0.115. The lowest BCUT2D eigenvalue weighted by atomic mass is 10.2. The third-order valence-corrected chi connectivity index (χ3v) is 5.10. The summed E-state index contributed by atoms with van der Waals surface area (Å²) in [6.07, 6.45) is 1.43. The zero-order valence-corrected chi connectivity index (χ0v) is 17.4. The summed E-state index contributed by atoms with van der Waals surface area (Å²) in [7, 11) is 0. The van der Waals surface area contributed by atoms with E-state index in [9.17, 15) is 14.4 Å². The monoisotopic (exact) mass is 409 g/mol. The van der Waals surface area contributed by atoms with Gasteiger partial charge >= 0.3 is 5.97 Å². The largest absolute Gasteiger partial charge is 0.452 e. The third kappa shape index (κ3) is 5.17. The standard InChI is InChI=1S/C23H27N3O4/c1-3-25(4-2)19-11-7-17(8-12-19)23(29)30-16-21(27)24-18-9-13-20(14-10-18)26-15-5-6-22(26)28/h7-14H,3-6,15-16H2,1-2H3,(H,24,27). The number of ether oxygens (including phenoxy) is 1. The summed E-state index contributed by atoms with van der Waals surface area (Å²) in [4.78, 5) is 40.0. The molecule has 0 radical (unpaired) electrons. The second-order valence-corrected chi connectivity index (χ2v) is 7.04. The van der Waals surface area contributed by atoms with Gasteiger partial charge in [0.2, 0.25) is 5.91 Å². The summed E-state index contributed by atoms with van der Waals surface area (Å²) in [6.45, 7) is 6.26. The van der Waals surface area contributed by atoms with E-state index >= 15 is 0 Å². The van der Waals surface area contributed by atoms with Crippen molar-refractivity contribution in [3.05, 3.63) is 54.1 Å². The number of amides is 2. The molecule has 0 atom stereocenters. The van der Waals surface area contributed by atoms with Crippen molar-refractivity contribution in [1.82, 2.24) is 0 Å². The predicted octanol–water partition coefficient (Wildman–Crippen LogP) is 3.46. The number of rotatable bonds is 8. The SMILES string of the molecule is CCN(CC)c1ccc(C(=O)OCC(=O)Nc2ccc(N3CCCC3=O)cc2)cc1. The zero-order chi connectivity index (χ0) is 21.5. The molecule has 1 fully saturated rings. The van der Waals surface area contributed by atoms with Crippen LogP contribution in [0.1, 0.15) is 37.0 Å². The van der Waals surface area contributed by atoms with Gasteiger partial charge in [-0.3, -0.25) is 9.59 Å². The van der Waals surface area contributed by atoms with Crippen molar-refractivity contribution in [3.8, 4) is 0 Å². The zero-order valence-electron chi connectivity index (χ0n) is 17.4. The van der Waals surface area contributed by atoms with E-state index in [0.29, 0.717) is 17.7 Å². The number of hydrogen-bond donors (Lipinski definition) is 1. The van der Waals surface area contributed by atoms with Crippen molar-refractivity contribution in [2.75, 3.05) is 41.4 Å². The summed E-state index contributed by atoms with van der Waals surface area (Å²) in [5.41, 5.74) is 2.83. The molecule has 2 amide bonds. The Kier molecular flexibility index (Phi) is 7.06. The van der Waals surface area contributed by atoms with Crippen molar-refractivity contribution in [2.45, 2.75) is 26.7 Å². The molecule has 0 unspecified atom stereocenters. The van der Waals surface area contributed by atoms with Gasteiger partial charge in [-0.05, 0) is 68.8 Å². The van der Waals surface area contributed by atoms with Crippen LogP contribution in [0.15, 0.2) is 48.5 Å². The van der Waals surface area contributed by atoms with E-state index < -0.39 is 11.9 Å². The highest BCUT2D eigenvalue weighted by Gasteiger charge is 2.21. The number of carbonyl (C=O) groups excluding carboxylic acids is 3. The van der Waals surface area contributed by atoms with Gasteiger partial charge in [0, 0.05) is 43.1 Å². The van der Waals surface area contributed by atoms with Crippen LogP contribution in [-0.2, 0) is 14.3 Å². The van der Waals surface area contributed by atoms with Gasteiger partial charge < -0.3 is 19.9 Å². The highest BCUT2D eigenvalue weighted by atomic mass is 16.5. The Hall–Kier alpha value is -3.35. The van der Waals surface area contributed by atoms with Crippen molar-refractivity contribution >= 4 is 34.8 Å².